The molecule has 5 nitrogen and oxygen atoms in total. The summed E-state index contributed by atoms with van der Waals surface area (Å²) in [5.74, 6) is 0.829. The monoisotopic (exact) mass is 373 g/mol. The third-order valence-corrected chi connectivity index (χ3v) is 6.07. The molecule has 6 heteroatoms. The minimum Gasteiger partial charge on any atom is -0.342 e. The molecule has 2 heterocycles. The van der Waals surface area contributed by atoms with Crippen LogP contribution >= 0.6 is 11.8 Å². The average molecular weight is 374 g/mol. The van der Waals surface area contributed by atoms with Crippen LogP contribution in [0.1, 0.15) is 46.6 Å². The number of aromatic nitrogens is 2. The van der Waals surface area contributed by atoms with Crippen LogP contribution in [0.5, 0.6) is 0 Å². The highest BCUT2D eigenvalue weighted by atomic mass is 32.2. The fourth-order valence-corrected chi connectivity index (χ4v) is 4.48. The van der Waals surface area contributed by atoms with Gasteiger partial charge in [-0.1, -0.05) is 30.8 Å². The first-order chi connectivity index (χ1) is 12.4. The molecule has 1 aliphatic heterocycles. The Balaban J connectivity index is 1.88. The fraction of sp³-hybridized carbons (Fsp3) is 0.550. The summed E-state index contributed by atoms with van der Waals surface area (Å²) in [7, 11) is 0. The molecule has 0 N–H and O–H groups in total. The Bertz CT molecular complexity index is 854. The molecule has 1 aliphatic rings. The smallest absolute Gasteiger partial charge is 0.262 e. The zero-order valence-electron chi connectivity index (χ0n) is 15.9. The van der Waals surface area contributed by atoms with Gasteiger partial charge < -0.3 is 4.90 Å². The largest absolute Gasteiger partial charge is 0.342 e. The van der Waals surface area contributed by atoms with E-state index in [2.05, 4.69) is 6.92 Å². The highest BCUT2D eigenvalue weighted by molar-refractivity contribution is 8.00. The van der Waals surface area contributed by atoms with E-state index in [-0.39, 0.29) is 22.8 Å². The van der Waals surface area contributed by atoms with Gasteiger partial charge in [0, 0.05) is 19.1 Å². The van der Waals surface area contributed by atoms with E-state index >= 15 is 0 Å². The van der Waals surface area contributed by atoms with Gasteiger partial charge >= 0.3 is 0 Å². The lowest BCUT2D eigenvalue weighted by Crippen LogP contribution is -2.42. The first-order valence-corrected chi connectivity index (χ1v) is 10.2. The lowest BCUT2D eigenvalue weighted by Gasteiger charge is -2.32. The lowest BCUT2D eigenvalue weighted by molar-refractivity contribution is -0.131. The number of para-hydroxylation sites is 1. The van der Waals surface area contributed by atoms with E-state index in [1.54, 1.807) is 4.57 Å². The van der Waals surface area contributed by atoms with Crippen LogP contribution in [0.2, 0.25) is 0 Å². The molecule has 0 radical (unpaired) electrons. The number of hydrogen-bond acceptors (Lipinski definition) is 4. The first-order valence-electron chi connectivity index (χ1n) is 9.35. The SMILES string of the molecule is CC1CCN(C(=O)C(C)Sc2nc3ccccc3c(=O)n2C(C)C)CC1. The van der Waals surface area contributed by atoms with Crippen molar-refractivity contribution < 1.29 is 4.79 Å². The topological polar surface area (TPSA) is 55.2 Å². The van der Waals surface area contributed by atoms with Gasteiger partial charge in [0.15, 0.2) is 5.16 Å². The molecule has 140 valence electrons. The van der Waals surface area contributed by atoms with Gasteiger partial charge in [-0.25, -0.2) is 4.98 Å². The molecule has 1 amide bonds. The van der Waals surface area contributed by atoms with E-state index in [4.69, 9.17) is 4.98 Å². The predicted molar refractivity (Wildman–Crippen MR) is 107 cm³/mol. The van der Waals surface area contributed by atoms with Gasteiger partial charge in [0.2, 0.25) is 5.91 Å². The van der Waals surface area contributed by atoms with Crippen LogP contribution in [0, 0.1) is 5.92 Å². The molecular formula is C20H27N3O2S. The standard InChI is InChI=1S/C20H27N3O2S/c1-13(2)23-19(25)16-7-5-6-8-17(16)21-20(23)26-15(4)18(24)22-11-9-14(3)10-12-22/h5-8,13-15H,9-12H2,1-4H3. The highest BCUT2D eigenvalue weighted by Gasteiger charge is 2.27. The van der Waals surface area contributed by atoms with Crippen molar-refractivity contribution in [2.45, 2.75) is 57.0 Å². The Morgan fingerprint density at radius 2 is 1.85 bits per heavy atom. The maximum atomic E-state index is 12.9. The summed E-state index contributed by atoms with van der Waals surface area (Å²) in [5, 5.41) is 0.978. The maximum absolute atomic E-state index is 12.9. The number of carbonyl (C=O) groups excluding carboxylic acids is 1. The predicted octanol–water partition coefficient (Wildman–Crippen LogP) is 3.72. The summed E-state index contributed by atoms with van der Waals surface area (Å²) in [6, 6.07) is 7.38. The Morgan fingerprint density at radius 3 is 2.50 bits per heavy atom. The summed E-state index contributed by atoms with van der Waals surface area (Å²) in [6.07, 6.45) is 2.13. The molecule has 3 rings (SSSR count). The fourth-order valence-electron chi connectivity index (χ4n) is 3.36. The molecule has 1 atom stereocenters. The summed E-state index contributed by atoms with van der Waals surface area (Å²) < 4.78 is 1.70. The Kier molecular flexibility index (Phi) is 5.70. The Labute approximate surface area is 158 Å². The van der Waals surface area contributed by atoms with Crippen molar-refractivity contribution in [2.24, 2.45) is 5.92 Å². The maximum Gasteiger partial charge on any atom is 0.262 e. The number of fused-ring (bicyclic) bond motifs is 1. The minimum atomic E-state index is -0.263. The van der Waals surface area contributed by atoms with E-state index in [0.29, 0.717) is 22.0 Å². The molecule has 0 bridgehead atoms. The highest BCUT2D eigenvalue weighted by Crippen LogP contribution is 2.27. The van der Waals surface area contributed by atoms with Gasteiger partial charge in [-0.3, -0.25) is 14.2 Å². The summed E-state index contributed by atoms with van der Waals surface area (Å²) in [6.45, 7) is 9.75. The number of thioether (sulfide) groups is 1. The van der Waals surface area contributed by atoms with Crippen LogP contribution in [-0.2, 0) is 4.79 Å². The van der Waals surface area contributed by atoms with Crippen LogP contribution in [0.3, 0.4) is 0 Å². The number of nitrogens with zero attached hydrogens (tertiary/aromatic N) is 3. The number of rotatable bonds is 4. The van der Waals surface area contributed by atoms with Crippen molar-refractivity contribution in [3.05, 3.63) is 34.6 Å². The summed E-state index contributed by atoms with van der Waals surface area (Å²) >= 11 is 1.39. The second kappa shape index (κ2) is 7.82. The van der Waals surface area contributed by atoms with Crippen LogP contribution in [0.4, 0.5) is 0 Å². The summed E-state index contributed by atoms with van der Waals surface area (Å²) in [4.78, 5) is 32.4. The van der Waals surface area contributed by atoms with Crippen molar-refractivity contribution in [3.8, 4) is 0 Å². The van der Waals surface area contributed by atoms with Gasteiger partial charge in [0.25, 0.3) is 5.56 Å². The van der Waals surface area contributed by atoms with Crippen molar-refractivity contribution in [2.75, 3.05) is 13.1 Å². The quantitative estimate of drug-likeness (QED) is 0.605. The van der Waals surface area contributed by atoms with Crippen molar-refractivity contribution in [3.63, 3.8) is 0 Å². The molecule has 0 aliphatic carbocycles. The van der Waals surface area contributed by atoms with Gasteiger partial charge in [0.05, 0.1) is 16.2 Å². The van der Waals surface area contributed by atoms with E-state index in [1.165, 1.54) is 11.8 Å². The minimum absolute atomic E-state index is 0.0137. The molecule has 26 heavy (non-hydrogen) atoms. The molecule has 1 aromatic heterocycles. The van der Waals surface area contributed by atoms with E-state index in [9.17, 15) is 9.59 Å². The Hall–Kier alpha value is -1.82. The van der Waals surface area contributed by atoms with Gasteiger partial charge in [0.1, 0.15) is 0 Å². The number of benzene rings is 1. The normalized spacial score (nSPS) is 17.0. The molecule has 0 spiro atoms. The number of piperidine rings is 1. The van der Waals surface area contributed by atoms with Crippen molar-refractivity contribution >= 4 is 28.6 Å². The number of hydrogen-bond donors (Lipinski definition) is 0. The van der Waals surface area contributed by atoms with Gasteiger partial charge in [-0.05, 0) is 51.7 Å². The third-order valence-electron chi connectivity index (χ3n) is 5.02. The van der Waals surface area contributed by atoms with E-state index in [0.717, 1.165) is 25.9 Å². The zero-order chi connectivity index (χ0) is 18.8. The van der Waals surface area contributed by atoms with E-state index < -0.39 is 0 Å². The number of likely N-dealkylation sites (tertiary alicyclic amines) is 1. The first kappa shape index (κ1) is 19.0. The van der Waals surface area contributed by atoms with Gasteiger partial charge in [-0.15, -0.1) is 0 Å². The number of amides is 1. The summed E-state index contributed by atoms with van der Waals surface area (Å²) in [5.41, 5.74) is 0.642. The van der Waals surface area contributed by atoms with Gasteiger partial charge in [-0.2, -0.15) is 0 Å². The second-order valence-corrected chi connectivity index (χ2v) is 8.76. The Morgan fingerprint density at radius 1 is 1.19 bits per heavy atom. The van der Waals surface area contributed by atoms with Crippen LogP contribution < -0.4 is 5.56 Å². The van der Waals surface area contributed by atoms with Crippen LogP contribution in [0.15, 0.2) is 34.2 Å². The zero-order valence-corrected chi connectivity index (χ0v) is 16.8. The lowest BCUT2D eigenvalue weighted by atomic mass is 9.99. The third kappa shape index (κ3) is 3.80. The average Bonchev–Trinajstić information content (AvgIpc) is 2.61. The molecule has 1 unspecified atom stereocenters. The van der Waals surface area contributed by atoms with Crippen LogP contribution in [0.25, 0.3) is 10.9 Å². The molecule has 1 saturated heterocycles. The van der Waals surface area contributed by atoms with Crippen LogP contribution in [-0.4, -0.2) is 38.7 Å². The van der Waals surface area contributed by atoms with Crippen molar-refractivity contribution in [1.29, 1.82) is 0 Å². The molecule has 1 fully saturated rings. The van der Waals surface area contributed by atoms with E-state index in [1.807, 2.05) is 49.9 Å². The molecular weight excluding hydrogens is 346 g/mol. The number of carbonyl (C=O) groups is 1. The second-order valence-electron chi connectivity index (χ2n) is 7.45. The van der Waals surface area contributed by atoms with Crippen molar-refractivity contribution in [1.82, 2.24) is 14.5 Å². The molecule has 2 aromatic rings. The molecule has 0 saturated carbocycles. The molecule has 1 aromatic carbocycles.